The quantitative estimate of drug-likeness (QED) is 0.369. The molecule has 1 aromatic carbocycles. The van der Waals surface area contributed by atoms with E-state index >= 15 is 0 Å². The molecule has 2 fully saturated rings. The Morgan fingerprint density at radius 1 is 1.09 bits per heavy atom. The number of nitrogens with zero attached hydrogens (tertiary/aromatic N) is 1. The van der Waals surface area contributed by atoms with Gasteiger partial charge in [-0.15, -0.1) is 0 Å². The summed E-state index contributed by atoms with van der Waals surface area (Å²) >= 11 is 0. The van der Waals surface area contributed by atoms with Crippen LogP contribution in [0.4, 0.5) is 4.79 Å². The zero-order valence-corrected chi connectivity index (χ0v) is 20.0. The van der Waals surface area contributed by atoms with E-state index in [-0.39, 0.29) is 18.4 Å². The normalized spacial score (nSPS) is 19.4. The molecule has 2 heterocycles. The van der Waals surface area contributed by atoms with E-state index in [0.717, 1.165) is 37.9 Å². The fraction of sp³-hybridized carbons (Fsp3) is 0.600. The van der Waals surface area contributed by atoms with Gasteiger partial charge in [-0.3, -0.25) is 14.4 Å². The summed E-state index contributed by atoms with van der Waals surface area (Å²) in [5, 5.41) is 17.6. The molecule has 0 bridgehead atoms. The number of piperidine rings is 2. The Labute approximate surface area is 205 Å². The molecule has 0 saturated carbocycles. The minimum Gasteiger partial charge on any atom is -0.481 e. The fourth-order valence-electron chi connectivity index (χ4n) is 4.58. The van der Waals surface area contributed by atoms with Gasteiger partial charge < -0.3 is 30.7 Å². The van der Waals surface area contributed by atoms with E-state index in [4.69, 9.17) is 4.74 Å². The number of carbonyl (C=O) groups excluding carboxylic acids is 3. The number of alkyl carbamates (subject to hydrolysis) is 1. The van der Waals surface area contributed by atoms with Gasteiger partial charge >= 0.3 is 12.1 Å². The minimum atomic E-state index is -1.17. The van der Waals surface area contributed by atoms with Crippen molar-refractivity contribution in [2.24, 2.45) is 11.8 Å². The Bertz CT molecular complexity index is 859. The van der Waals surface area contributed by atoms with E-state index < -0.39 is 30.6 Å². The van der Waals surface area contributed by atoms with E-state index in [1.165, 1.54) is 0 Å². The SMILES string of the molecule is O=C(O)C[C@H](NC(=O)OCc1ccccc1)NC(=O)[C@@H]1CCCN(C(=O)CCC2CCNCC2)C1. The van der Waals surface area contributed by atoms with Crippen LogP contribution in [0.3, 0.4) is 0 Å². The van der Waals surface area contributed by atoms with Crippen LogP contribution in [0.15, 0.2) is 30.3 Å². The minimum absolute atomic E-state index is 0.0253. The molecule has 3 rings (SSSR count). The Balaban J connectivity index is 1.47. The number of benzene rings is 1. The average molecular weight is 489 g/mol. The molecule has 2 atom stereocenters. The van der Waals surface area contributed by atoms with Crippen LogP contribution in [0.25, 0.3) is 0 Å². The lowest BCUT2D eigenvalue weighted by atomic mass is 9.92. The topological polar surface area (TPSA) is 137 Å². The van der Waals surface area contributed by atoms with Crippen LogP contribution in [0.5, 0.6) is 0 Å². The molecule has 35 heavy (non-hydrogen) atoms. The van der Waals surface area contributed by atoms with Crippen LogP contribution in [-0.2, 0) is 25.7 Å². The van der Waals surface area contributed by atoms with E-state index in [2.05, 4.69) is 16.0 Å². The molecule has 10 heteroatoms. The average Bonchev–Trinajstić information content (AvgIpc) is 2.87. The second-order valence-corrected chi connectivity index (χ2v) is 9.28. The maximum absolute atomic E-state index is 12.9. The highest BCUT2D eigenvalue weighted by Crippen LogP contribution is 2.21. The molecule has 2 saturated heterocycles. The Morgan fingerprint density at radius 2 is 1.83 bits per heavy atom. The predicted octanol–water partition coefficient (Wildman–Crippen LogP) is 1.85. The van der Waals surface area contributed by atoms with Crippen LogP contribution >= 0.6 is 0 Å². The summed E-state index contributed by atoms with van der Waals surface area (Å²) in [6.07, 6.45) is 2.40. The highest BCUT2D eigenvalue weighted by atomic mass is 16.5. The molecule has 0 unspecified atom stereocenters. The van der Waals surface area contributed by atoms with Crippen molar-refractivity contribution in [3.8, 4) is 0 Å². The van der Waals surface area contributed by atoms with Gasteiger partial charge in [-0.05, 0) is 56.7 Å². The van der Waals surface area contributed by atoms with E-state index in [1.54, 1.807) is 17.0 Å². The molecule has 10 nitrogen and oxygen atoms in total. The lowest BCUT2D eigenvalue weighted by Gasteiger charge is -2.33. The number of ether oxygens (including phenoxy) is 1. The van der Waals surface area contributed by atoms with E-state index in [0.29, 0.717) is 38.3 Å². The highest BCUT2D eigenvalue weighted by molar-refractivity contribution is 5.82. The first kappa shape index (κ1) is 26.5. The predicted molar refractivity (Wildman–Crippen MR) is 128 cm³/mol. The van der Waals surface area contributed by atoms with Crippen LogP contribution < -0.4 is 16.0 Å². The lowest BCUT2D eigenvalue weighted by molar-refractivity contribution is -0.138. The fourth-order valence-corrected chi connectivity index (χ4v) is 4.58. The van der Waals surface area contributed by atoms with Crippen molar-refractivity contribution in [3.63, 3.8) is 0 Å². The number of nitrogens with one attached hydrogen (secondary N) is 3. The number of likely N-dealkylation sites (tertiary alicyclic amines) is 1. The largest absolute Gasteiger partial charge is 0.481 e. The van der Waals surface area contributed by atoms with Gasteiger partial charge in [0.05, 0.1) is 12.3 Å². The summed E-state index contributed by atoms with van der Waals surface area (Å²) in [6.45, 7) is 2.94. The summed E-state index contributed by atoms with van der Waals surface area (Å²) in [5.74, 6) is -1.38. The molecule has 1 aromatic rings. The van der Waals surface area contributed by atoms with Gasteiger partial charge in [0.25, 0.3) is 0 Å². The Hall–Kier alpha value is -3.14. The van der Waals surface area contributed by atoms with Gasteiger partial charge in [-0.1, -0.05) is 30.3 Å². The van der Waals surface area contributed by atoms with Crippen LogP contribution in [0.1, 0.15) is 50.5 Å². The summed E-state index contributed by atoms with van der Waals surface area (Å²) in [7, 11) is 0. The molecule has 3 amide bonds. The molecule has 0 aromatic heterocycles. The summed E-state index contributed by atoms with van der Waals surface area (Å²) < 4.78 is 5.14. The maximum atomic E-state index is 12.9. The molecular formula is C25H36N4O6. The van der Waals surface area contributed by atoms with Crippen molar-refractivity contribution in [1.82, 2.24) is 20.9 Å². The molecule has 0 aliphatic carbocycles. The van der Waals surface area contributed by atoms with Gasteiger partial charge in [-0.2, -0.15) is 0 Å². The number of carboxylic acids is 1. The number of aliphatic carboxylic acids is 1. The zero-order chi connectivity index (χ0) is 25.0. The van der Waals surface area contributed by atoms with E-state index in [9.17, 15) is 24.3 Å². The third-order valence-electron chi connectivity index (χ3n) is 6.57. The highest BCUT2D eigenvalue weighted by Gasteiger charge is 2.30. The van der Waals surface area contributed by atoms with Crippen LogP contribution in [0.2, 0.25) is 0 Å². The van der Waals surface area contributed by atoms with Crippen LogP contribution in [0, 0.1) is 11.8 Å². The first-order chi connectivity index (χ1) is 16.9. The van der Waals surface area contributed by atoms with Gasteiger partial charge in [0.15, 0.2) is 0 Å². The number of carbonyl (C=O) groups is 4. The number of amides is 3. The number of rotatable bonds is 10. The number of carboxylic acid groups (broad SMARTS) is 1. The zero-order valence-electron chi connectivity index (χ0n) is 20.0. The summed E-state index contributed by atoms with van der Waals surface area (Å²) in [5.41, 5.74) is 0.786. The first-order valence-electron chi connectivity index (χ1n) is 12.4. The van der Waals surface area contributed by atoms with Crippen molar-refractivity contribution in [1.29, 1.82) is 0 Å². The first-order valence-corrected chi connectivity index (χ1v) is 12.4. The van der Waals surface area contributed by atoms with Crippen molar-refractivity contribution < 1.29 is 29.0 Å². The second kappa shape index (κ2) is 13.7. The van der Waals surface area contributed by atoms with Gasteiger partial charge in [0.1, 0.15) is 12.8 Å². The molecule has 0 spiro atoms. The molecule has 0 radical (unpaired) electrons. The van der Waals surface area contributed by atoms with Gasteiger partial charge in [-0.25, -0.2) is 4.79 Å². The third-order valence-corrected chi connectivity index (χ3v) is 6.57. The summed E-state index contributed by atoms with van der Waals surface area (Å²) in [6, 6.07) is 9.07. The molecule has 192 valence electrons. The number of hydrogen-bond donors (Lipinski definition) is 4. The lowest BCUT2D eigenvalue weighted by Crippen LogP contribution is -2.53. The van der Waals surface area contributed by atoms with Crippen molar-refractivity contribution >= 4 is 23.9 Å². The molecule has 2 aliphatic heterocycles. The van der Waals surface area contributed by atoms with Crippen molar-refractivity contribution in [2.45, 2.75) is 57.7 Å². The summed E-state index contributed by atoms with van der Waals surface area (Å²) in [4.78, 5) is 50.8. The smallest absolute Gasteiger partial charge is 0.409 e. The van der Waals surface area contributed by atoms with Gasteiger partial charge in [0.2, 0.25) is 11.8 Å². The van der Waals surface area contributed by atoms with Crippen LogP contribution in [-0.4, -0.2) is 66.2 Å². The maximum Gasteiger partial charge on any atom is 0.409 e. The Morgan fingerprint density at radius 3 is 2.54 bits per heavy atom. The monoisotopic (exact) mass is 488 g/mol. The molecular weight excluding hydrogens is 452 g/mol. The van der Waals surface area contributed by atoms with E-state index in [1.807, 2.05) is 18.2 Å². The number of hydrogen-bond acceptors (Lipinski definition) is 6. The third kappa shape index (κ3) is 9.20. The standard InChI is InChI=1S/C25H36N4O6/c30-22(9-8-18-10-12-26-13-11-18)29-14-4-7-20(16-29)24(33)27-21(15-23(31)32)28-25(34)35-17-19-5-2-1-3-6-19/h1-3,5-6,18,20-21,26H,4,7-17H2,(H,27,33)(H,28,34)(H,31,32)/t20-,21+/m1/s1. The molecule has 2 aliphatic rings. The Kier molecular flexibility index (Phi) is 10.3. The van der Waals surface area contributed by atoms with Crippen molar-refractivity contribution in [2.75, 3.05) is 26.2 Å². The molecule has 4 N–H and O–H groups in total. The van der Waals surface area contributed by atoms with Gasteiger partial charge in [0, 0.05) is 19.5 Å². The van der Waals surface area contributed by atoms with Crippen molar-refractivity contribution in [3.05, 3.63) is 35.9 Å². The second-order valence-electron chi connectivity index (χ2n) is 9.28.